The molecule has 79 valence electrons. The number of hydrogen-bond donors (Lipinski definition) is 0. The summed E-state index contributed by atoms with van der Waals surface area (Å²) in [5.41, 5.74) is 5.34. The lowest BCUT2D eigenvalue weighted by Gasteiger charge is -2.11. The van der Waals surface area contributed by atoms with Crippen molar-refractivity contribution >= 4 is 29.6 Å². The molecular formula is C13H9Cl2Si. The van der Waals surface area contributed by atoms with E-state index in [2.05, 4.69) is 48.5 Å². The van der Waals surface area contributed by atoms with E-state index >= 15 is 0 Å². The zero-order valence-corrected chi connectivity index (χ0v) is 11.0. The van der Waals surface area contributed by atoms with Gasteiger partial charge in [-0.2, -0.15) is 0 Å². The van der Waals surface area contributed by atoms with Crippen LogP contribution in [0.1, 0.15) is 16.7 Å². The first-order chi connectivity index (χ1) is 7.79. The lowest BCUT2D eigenvalue weighted by molar-refractivity contribution is 1.19. The Labute approximate surface area is 106 Å². The number of hydrogen-bond acceptors (Lipinski definition) is 0. The summed E-state index contributed by atoms with van der Waals surface area (Å²) in [5, 5.41) is 0. The van der Waals surface area contributed by atoms with Crippen molar-refractivity contribution in [3.8, 4) is 11.1 Å². The molecule has 0 nitrogen and oxygen atoms in total. The molecule has 0 saturated carbocycles. The Bertz CT molecular complexity index is 491. The molecule has 0 aliphatic heterocycles. The van der Waals surface area contributed by atoms with Gasteiger partial charge in [0.2, 0.25) is 0 Å². The number of rotatable bonds is 1. The minimum atomic E-state index is -1.39. The van der Waals surface area contributed by atoms with Crippen molar-refractivity contribution in [1.29, 1.82) is 0 Å². The molecule has 0 amide bonds. The summed E-state index contributed by atoms with van der Waals surface area (Å²) in [6.07, 6.45) is 0. The Morgan fingerprint density at radius 1 is 0.750 bits per heavy atom. The zero-order valence-electron chi connectivity index (χ0n) is 8.45. The van der Waals surface area contributed by atoms with Crippen molar-refractivity contribution in [3.63, 3.8) is 0 Å². The van der Waals surface area contributed by atoms with Gasteiger partial charge in [-0.05, 0) is 22.3 Å². The minimum absolute atomic E-state index is 0.209. The molecule has 16 heavy (non-hydrogen) atoms. The molecule has 0 fully saturated rings. The van der Waals surface area contributed by atoms with Crippen molar-refractivity contribution in [2.24, 2.45) is 0 Å². The minimum Gasteiger partial charge on any atom is -0.146 e. The second-order valence-corrected chi connectivity index (χ2v) is 8.08. The monoisotopic (exact) mass is 263 g/mol. The van der Waals surface area contributed by atoms with Crippen LogP contribution in [0, 0.1) is 0 Å². The fourth-order valence-electron chi connectivity index (χ4n) is 2.39. The van der Waals surface area contributed by atoms with E-state index in [1.807, 2.05) is 0 Å². The molecule has 3 rings (SSSR count). The smallest absolute Gasteiger partial charge is 0.146 e. The third-order valence-corrected chi connectivity index (χ3v) is 5.42. The Morgan fingerprint density at radius 3 is 1.62 bits per heavy atom. The maximum absolute atomic E-state index is 6.21. The maximum Gasteiger partial charge on any atom is 0.286 e. The van der Waals surface area contributed by atoms with Crippen LogP contribution in [0.25, 0.3) is 11.1 Å². The number of halogens is 2. The molecule has 0 aromatic heterocycles. The van der Waals surface area contributed by atoms with Gasteiger partial charge in [0, 0.05) is 5.54 Å². The summed E-state index contributed by atoms with van der Waals surface area (Å²) in [4.78, 5) is 0. The predicted molar refractivity (Wildman–Crippen MR) is 71.2 cm³/mol. The molecule has 0 heterocycles. The molecule has 0 spiro atoms. The molecular weight excluding hydrogens is 255 g/mol. The van der Waals surface area contributed by atoms with E-state index in [0.717, 1.165) is 0 Å². The summed E-state index contributed by atoms with van der Waals surface area (Å²) in [5.74, 6) is 0. The molecule has 2 aromatic rings. The van der Waals surface area contributed by atoms with E-state index in [4.69, 9.17) is 22.2 Å². The number of benzene rings is 2. The fraction of sp³-hybridized carbons (Fsp3) is 0.0769. The van der Waals surface area contributed by atoms with E-state index in [0.29, 0.717) is 0 Å². The standard InChI is InChI=1S/C13H9Cl2Si/c14-16(15)13-11-7-3-1-5-9(11)10-6-2-4-8-12(10)13/h1-8,13H. The first-order valence-corrected chi connectivity index (χ1v) is 8.75. The van der Waals surface area contributed by atoms with Crippen molar-refractivity contribution in [3.05, 3.63) is 59.7 Å². The molecule has 1 aliphatic carbocycles. The van der Waals surface area contributed by atoms with Crippen molar-refractivity contribution < 1.29 is 0 Å². The van der Waals surface area contributed by atoms with Crippen LogP contribution >= 0.6 is 22.2 Å². The summed E-state index contributed by atoms with van der Waals surface area (Å²) in [6.45, 7) is 0. The van der Waals surface area contributed by atoms with Crippen LogP contribution in [-0.4, -0.2) is 7.42 Å². The number of fused-ring (bicyclic) bond motifs is 3. The zero-order chi connectivity index (χ0) is 11.1. The molecule has 3 heteroatoms. The summed E-state index contributed by atoms with van der Waals surface area (Å²) < 4.78 is 0. The van der Waals surface area contributed by atoms with E-state index in [-0.39, 0.29) is 5.54 Å². The summed E-state index contributed by atoms with van der Waals surface area (Å²) in [6, 6.07) is 16.8. The highest BCUT2D eigenvalue weighted by molar-refractivity contribution is 7.34. The van der Waals surface area contributed by atoms with Gasteiger partial charge in [0.05, 0.1) is 0 Å². The van der Waals surface area contributed by atoms with Crippen LogP contribution in [0.15, 0.2) is 48.5 Å². The maximum atomic E-state index is 6.21. The second-order valence-electron chi connectivity index (χ2n) is 3.90. The Kier molecular flexibility index (Phi) is 2.54. The van der Waals surface area contributed by atoms with Gasteiger partial charge in [-0.15, -0.1) is 22.2 Å². The van der Waals surface area contributed by atoms with Gasteiger partial charge < -0.3 is 0 Å². The van der Waals surface area contributed by atoms with E-state index in [9.17, 15) is 0 Å². The van der Waals surface area contributed by atoms with Gasteiger partial charge in [0.25, 0.3) is 7.42 Å². The van der Waals surface area contributed by atoms with E-state index < -0.39 is 7.42 Å². The average Bonchev–Trinajstić information content (AvgIpc) is 2.63. The molecule has 0 unspecified atom stereocenters. The van der Waals surface area contributed by atoms with Gasteiger partial charge in [0.15, 0.2) is 0 Å². The van der Waals surface area contributed by atoms with Gasteiger partial charge in [0.1, 0.15) is 0 Å². The van der Waals surface area contributed by atoms with Gasteiger partial charge in [-0.25, -0.2) is 0 Å². The van der Waals surface area contributed by atoms with Crippen LogP contribution in [0.3, 0.4) is 0 Å². The van der Waals surface area contributed by atoms with Gasteiger partial charge in [-0.3, -0.25) is 0 Å². The highest BCUT2D eigenvalue weighted by Gasteiger charge is 2.33. The summed E-state index contributed by atoms with van der Waals surface area (Å²) in [7, 11) is -1.39. The van der Waals surface area contributed by atoms with Crippen LogP contribution in [0.2, 0.25) is 0 Å². The molecule has 1 aliphatic rings. The van der Waals surface area contributed by atoms with Crippen LogP contribution < -0.4 is 0 Å². The Morgan fingerprint density at radius 2 is 1.19 bits per heavy atom. The van der Waals surface area contributed by atoms with Crippen LogP contribution in [0.4, 0.5) is 0 Å². The first kappa shape index (κ1) is 10.4. The molecule has 0 N–H and O–H groups in total. The third-order valence-electron chi connectivity index (χ3n) is 3.05. The van der Waals surface area contributed by atoms with Crippen molar-refractivity contribution in [2.45, 2.75) is 5.54 Å². The topological polar surface area (TPSA) is 0 Å². The van der Waals surface area contributed by atoms with Gasteiger partial charge >= 0.3 is 0 Å². The third kappa shape index (κ3) is 1.43. The summed E-state index contributed by atoms with van der Waals surface area (Å²) >= 11 is 12.4. The lowest BCUT2D eigenvalue weighted by Crippen LogP contribution is -2.09. The molecule has 0 saturated heterocycles. The normalized spacial score (nSPS) is 13.9. The molecule has 2 aromatic carbocycles. The first-order valence-electron chi connectivity index (χ1n) is 5.15. The second kappa shape index (κ2) is 3.92. The molecule has 0 bridgehead atoms. The van der Waals surface area contributed by atoms with Gasteiger partial charge in [-0.1, -0.05) is 48.5 Å². The van der Waals surface area contributed by atoms with E-state index in [1.54, 1.807) is 0 Å². The fourth-order valence-corrected chi connectivity index (χ4v) is 4.77. The quantitative estimate of drug-likeness (QED) is 0.532. The SMILES string of the molecule is Cl[Si](Cl)C1c2ccccc2-c2ccccc21. The average molecular weight is 264 g/mol. The van der Waals surface area contributed by atoms with Crippen LogP contribution in [-0.2, 0) is 0 Å². The Hall–Kier alpha value is -0.763. The van der Waals surface area contributed by atoms with E-state index in [1.165, 1.54) is 22.3 Å². The van der Waals surface area contributed by atoms with Crippen LogP contribution in [0.5, 0.6) is 0 Å². The highest BCUT2D eigenvalue weighted by atomic mass is 35.7. The largest absolute Gasteiger partial charge is 0.286 e. The van der Waals surface area contributed by atoms with Crippen molar-refractivity contribution in [2.75, 3.05) is 0 Å². The molecule has 1 radical (unpaired) electrons. The Balaban J connectivity index is 2.30. The highest BCUT2D eigenvalue weighted by Crippen LogP contribution is 2.46. The van der Waals surface area contributed by atoms with Crippen molar-refractivity contribution in [1.82, 2.24) is 0 Å². The lowest BCUT2D eigenvalue weighted by atomic mass is 10.1. The predicted octanol–water partition coefficient (Wildman–Crippen LogP) is 4.30. The molecule has 0 atom stereocenters.